The standard InChI is InChI=1S/C24H31N3O3S/c28-23(25-15-18-4-1-11-27(16-18)17-21-5-3-13-31-21)6-2-12-30-20-8-9-22-19(14-20)7-10-24(29)26-22/h3,5,8-9,13-14,18H,1-2,4,6-7,10-12,15-17H2,(H,25,28)(H,26,29). The molecule has 1 fully saturated rings. The summed E-state index contributed by atoms with van der Waals surface area (Å²) in [7, 11) is 0. The van der Waals surface area contributed by atoms with Crippen molar-refractivity contribution in [3.05, 3.63) is 46.2 Å². The van der Waals surface area contributed by atoms with Crippen LogP contribution in [0.15, 0.2) is 35.7 Å². The third-order valence-corrected chi connectivity index (χ3v) is 6.80. The van der Waals surface area contributed by atoms with Gasteiger partial charge in [0.2, 0.25) is 11.8 Å². The number of thiophene rings is 1. The molecule has 2 aliphatic rings. The molecule has 1 aromatic heterocycles. The van der Waals surface area contributed by atoms with E-state index in [-0.39, 0.29) is 11.8 Å². The number of nitrogens with zero attached hydrogens (tertiary/aromatic N) is 1. The normalized spacial score (nSPS) is 18.8. The second-order valence-electron chi connectivity index (χ2n) is 8.45. The molecule has 3 heterocycles. The summed E-state index contributed by atoms with van der Waals surface area (Å²) in [6, 6.07) is 10.0. The van der Waals surface area contributed by atoms with E-state index in [0.717, 1.165) is 49.6 Å². The van der Waals surface area contributed by atoms with E-state index in [9.17, 15) is 9.59 Å². The summed E-state index contributed by atoms with van der Waals surface area (Å²) in [5, 5.41) is 8.12. The smallest absolute Gasteiger partial charge is 0.224 e. The van der Waals surface area contributed by atoms with Crippen molar-refractivity contribution in [2.75, 3.05) is 31.6 Å². The van der Waals surface area contributed by atoms with E-state index in [1.165, 1.54) is 17.7 Å². The molecule has 7 heteroatoms. The average Bonchev–Trinajstić information content (AvgIpc) is 3.28. The van der Waals surface area contributed by atoms with E-state index in [2.05, 4.69) is 33.0 Å². The first-order valence-electron chi connectivity index (χ1n) is 11.2. The number of fused-ring (bicyclic) bond motifs is 1. The molecule has 2 N–H and O–H groups in total. The number of rotatable bonds is 9. The van der Waals surface area contributed by atoms with Crippen LogP contribution in [0, 0.1) is 5.92 Å². The van der Waals surface area contributed by atoms with Crippen LogP contribution in [0.2, 0.25) is 0 Å². The fourth-order valence-electron chi connectivity index (χ4n) is 4.30. The molecule has 31 heavy (non-hydrogen) atoms. The number of aryl methyl sites for hydroxylation is 1. The monoisotopic (exact) mass is 441 g/mol. The molecule has 166 valence electrons. The first-order chi connectivity index (χ1) is 15.2. The van der Waals surface area contributed by atoms with Gasteiger partial charge in [0.15, 0.2) is 0 Å². The Kier molecular flexibility index (Phi) is 7.59. The van der Waals surface area contributed by atoms with Gasteiger partial charge in [0.25, 0.3) is 0 Å². The molecule has 0 radical (unpaired) electrons. The van der Waals surface area contributed by atoms with Crippen LogP contribution < -0.4 is 15.4 Å². The highest BCUT2D eigenvalue weighted by Crippen LogP contribution is 2.27. The van der Waals surface area contributed by atoms with Crippen LogP contribution in [0.5, 0.6) is 5.75 Å². The number of anilines is 1. The Morgan fingerprint density at radius 1 is 1.29 bits per heavy atom. The molecular weight excluding hydrogens is 410 g/mol. The number of likely N-dealkylation sites (tertiary alicyclic amines) is 1. The maximum absolute atomic E-state index is 12.2. The molecule has 6 nitrogen and oxygen atoms in total. The van der Waals surface area contributed by atoms with Crippen LogP contribution in [0.1, 0.15) is 42.5 Å². The lowest BCUT2D eigenvalue weighted by atomic mass is 9.98. The largest absolute Gasteiger partial charge is 0.494 e. The van der Waals surface area contributed by atoms with Gasteiger partial charge in [-0.05, 0) is 73.4 Å². The molecule has 2 aliphatic heterocycles. The Balaban J connectivity index is 1.11. The Bertz CT molecular complexity index is 884. The quantitative estimate of drug-likeness (QED) is 0.581. The van der Waals surface area contributed by atoms with E-state index in [0.29, 0.717) is 31.8 Å². The fourth-order valence-corrected chi connectivity index (χ4v) is 5.05. The highest BCUT2D eigenvalue weighted by Gasteiger charge is 2.20. The van der Waals surface area contributed by atoms with Gasteiger partial charge >= 0.3 is 0 Å². The average molecular weight is 442 g/mol. The van der Waals surface area contributed by atoms with E-state index >= 15 is 0 Å². The van der Waals surface area contributed by atoms with Gasteiger partial charge in [-0.2, -0.15) is 0 Å². The summed E-state index contributed by atoms with van der Waals surface area (Å²) in [6.45, 7) is 4.50. The Morgan fingerprint density at radius 2 is 2.23 bits per heavy atom. The minimum atomic E-state index is 0.0654. The molecule has 2 amide bonds. The van der Waals surface area contributed by atoms with Crippen LogP contribution in [-0.4, -0.2) is 43.0 Å². The van der Waals surface area contributed by atoms with Gasteiger partial charge in [-0.3, -0.25) is 14.5 Å². The van der Waals surface area contributed by atoms with Crippen molar-refractivity contribution in [1.82, 2.24) is 10.2 Å². The molecule has 0 bridgehead atoms. The lowest BCUT2D eigenvalue weighted by molar-refractivity contribution is -0.121. The number of hydrogen-bond acceptors (Lipinski definition) is 5. The molecule has 1 atom stereocenters. The highest BCUT2D eigenvalue weighted by atomic mass is 32.1. The van der Waals surface area contributed by atoms with Gasteiger partial charge in [-0.25, -0.2) is 0 Å². The predicted octanol–water partition coefficient (Wildman–Crippen LogP) is 3.82. The second kappa shape index (κ2) is 10.8. The molecule has 0 spiro atoms. The van der Waals surface area contributed by atoms with Crippen molar-refractivity contribution in [1.29, 1.82) is 0 Å². The second-order valence-corrected chi connectivity index (χ2v) is 9.48. The summed E-state index contributed by atoms with van der Waals surface area (Å²) >= 11 is 1.81. The Morgan fingerprint density at radius 3 is 3.10 bits per heavy atom. The van der Waals surface area contributed by atoms with Crippen LogP contribution >= 0.6 is 11.3 Å². The molecular formula is C24H31N3O3S. The van der Waals surface area contributed by atoms with Crippen LogP contribution in [0.4, 0.5) is 5.69 Å². The Labute approximate surface area is 188 Å². The van der Waals surface area contributed by atoms with Gasteiger partial charge in [0, 0.05) is 43.0 Å². The highest BCUT2D eigenvalue weighted by molar-refractivity contribution is 7.09. The van der Waals surface area contributed by atoms with Crippen LogP contribution in [-0.2, 0) is 22.6 Å². The Hall–Kier alpha value is -2.38. The van der Waals surface area contributed by atoms with E-state index in [1.54, 1.807) is 0 Å². The molecule has 2 aromatic rings. The lowest BCUT2D eigenvalue weighted by Crippen LogP contribution is -2.40. The fraction of sp³-hybridized carbons (Fsp3) is 0.500. The van der Waals surface area contributed by atoms with Gasteiger partial charge in [-0.15, -0.1) is 11.3 Å². The number of piperidine rings is 1. The van der Waals surface area contributed by atoms with Crippen LogP contribution in [0.3, 0.4) is 0 Å². The number of ether oxygens (including phenoxy) is 1. The minimum absolute atomic E-state index is 0.0654. The van der Waals surface area contributed by atoms with Crippen molar-refractivity contribution < 1.29 is 14.3 Å². The zero-order valence-electron chi connectivity index (χ0n) is 17.9. The molecule has 1 aromatic carbocycles. The van der Waals surface area contributed by atoms with E-state index in [1.807, 2.05) is 29.5 Å². The van der Waals surface area contributed by atoms with Crippen molar-refractivity contribution in [2.24, 2.45) is 5.92 Å². The van der Waals surface area contributed by atoms with Crippen molar-refractivity contribution in [3.63, 3.8) is 0 Å². The molecule has 0 aliphatic carbocycles. The summed E-state index contributed by atoms with van der Waals surface area (Å²) in [5.74, 6) is 1.50. The maximum atomic E-state index is 12.2. The molecule has 1 unspecified atom stereocenters. The number of hydrogen-bond donors (Lipinski definition) is 2. The molecule has 1 saturated heterocycles. The zero-order valence-corrected chi connectivity index (χ0v) is 18.7. The van der Waals surface area contributed by atoms with E-state index < -0.39 is 0 Å². The zero-order chi connectivity index (χ0) is 21.5. The maximum Gasteiger partial charge on any atom is 0.224 e. The van der Waals surface area contributed by atoms with E-state index in [4.69, 9.17) is 4.74 Å². The number of carbonyl (C=O) groups is 2. The van der Waals surface area contributed by atoms with Gasteiger partial charge < -0.3 is 15.4 Å². The van der Waals surface area contributed by atoms with Crippen LogP contribution in [0.25, 0.3) is 0 Å². The summed E-state index contributed by atoms with van der Waals surface area (Å²) in [6.07, 6.45) is 4.81. The molecule has 0 saturated carbocycles. The SMILES string of the molecule is O=C(CCCOc1ccc2c(c1)CCC(=O)N2)NCC1CCCN(Cc2cccs2)C1. The topological polar surface area (TPSA) is 70.7 Å². The third-order valence-electron chi connectivity index (χ3n) is 5.94. The third kappa shape index (κ3) is 6.55. The first-order valence-corrected chi connectivity index (χ1v) is 12.1. The van der Waals surface area contributed by atoms with Gasteiger partial charge in [0.1, 0.15) is 5.75 Å². The predicted molar refractivity (Wildman–Crippen MR) is 123 cm³/mol. The number of carbonyl (C=O) groups excluding carboxylic acids is 2. The van der Waals surface area contributed by atoms with Gasteiger partial charge in [0.05, 0.1) is 6.61 Å². The minimum Gasteiger partial charge on any atom is -0.494 e. The first kappa shape index (κ1) is 21.8. The summed E-state index contributed by atoms with van der Waals surface area (Å²) in [5.41, 5.74) is 1.98. The number of nitrogens with one attached hydrogen (secondary N) is 2. The number of amides is 2. The lowest BCUT2D eigenvalue weighted by Gasteiger charge is -2.32. The summed E-state index contributed by atoms with van der Waals surface area (Å²) < 4.78 is 5.81. The number of benzene rings is 1. The van der Waals surface area contributed by atoms with Crippen molar-refractivity contribution in [3.8, 4) is 5.75 Å². The summed E-state index contributed by atoms with van der Waals surface area (Å²) in [4.78, 5) is 27.6. The molecule has 4 rings (SSSR count). The van der Waals surface area contributed by atoms with Crippen molar-refractivity contribution in [2.45, 2.75) is 45.1 Å². The van der Waals surface area contributed by atoms with Crippen molar-refractivity contribution >= 4 is 28.8 Å². The van der Waals surface area contributed by atoms with Gasteiger partial charge in [-0.1, -0.05) is 6.07 Å².